The van der Waals surface area contributed by atoms with E-state index in [2.05, 4.69) is 20.5 Å². The van der Waals surface area contributed by atoms with E-state index in [1.54, 1.807) is 12.5 Å². The highest BCUT2D eigenvalue weighted by Gasteiger charge is 2.07. The van der Waals surface area contributed by atoms with Crippen LogP contribution >= 0.6 is 0 Å². The number of amides is 1. The molecule has 23 heavy (non-hydrogen) atoms. The van der Waals surface area contributed by atoms with Crippen molar-refractivity contribution < 1.29 is 4.79 Å². The van der Waals surface area contributed by atoms with Crippen LogP contribution in [0.4, 0.5) is 0 Å². The molecule has 0 aliphatic carbocycles. The first-order valence-electron chi connectivity index (χ1n) is 7.51. The number of hydrogen-bond donors (Lipinski definition) is 2. The Hall–Kier alpha value is -2.89. The van der Waals surface area contributed by atoms with Crippen LogP contribution in [-0.4, -0.2) is 32.2 Å². The summed E-state index contributed by atoms with van der Waals surface area (Å²) in [6.45, 7) is 5.28. The van der Waals surface area contributed by atoms with E-state index in [0.717, 1.165) is 22.6 Å². The van der Waals surface area contributed by atoms with Gasteiger partial charge >= 0.3 is 0 Å². The molecule has 0 fully saturated rings. The molecule has 1 aromatic carbocycles. The highest BCUT2D eigenvalue weighted by atomic mass is 16.1. The van der Waals surface area contributed by atoms with E-state index in [1.807, 2.05) is 48.7 Å². The molecule has 3 rings (SSSR count). The number of aromatic nitrogens is 4. The van der Waals surface area contributed by atoms with Gasteiger partial charge in [0.2, 0.25) is 0 Å². The van der Waals surface area contributed by atoms with Crippen molar-refractivity contribution in [1.29, 1.82) is 0 Å². The standard InChI is InChI=1S/C17H19N5O/c1-12-13(2)22(11-19-12)10-9-18-17(23)15-5-3-14(4-6-15)16-7-8-20-21-16/h3-8,11H,9-10H2,1-2H3,(H,18,23)(H,20,21). The van der Waals surface area contributed by atoms with E-state index in [4.69, 9.17) is 0 Å². The zero-order valence-electron chi connectivity index (χ0n) is 13.2. The number of aromatic amines is 1. The van der Waals surface area contributed by atoms with Gasteiger partial charge in [0.25, 0.3) is 5.91 Å². The van der Waals surface area contributed by atoms with Crippen LogP contribution in [0.2, 0.25) is 0 Å². The monoisotopic (exact) mass is 309 g/mol. The molecule has 3 aromatic rings. The van der Waals surface area contributed by atoms with Crippen LogP contribution in [0.3, 0.4) is 0 Å². The Balaban J connectivity index is 1.57. The molecule has 118 valence electrons. The minimum atomic E-state index is -0.0735. The third kappa shape index (κ3) is 3.31. The van der Waals surface area contributed by atoms with Gasteiger partial charge in [0, 0.05) is 30.5 Å². The molecule has 0 saturated heterocycles. The molecule has 0 radical (unpaired) electrons. The van der Waals surface area contributed by atoms with Crippen molar-refractivity contribution in [3.8, 4) is 11.3 Å². The Kier molecular flexibility index (Phi) is 4.23. The summed E-state index contributed by atoms with van der Waals surface area (Å²) in [5.41, 5.74) is 4.73. The van der Waals surface area contributed by atoms with Crippen molar-refractivity contribution in [3.63, 3.8) is 0 Å². The van der Waals surface area contributed by atoms with Gasteiger partial charge in [0.1, 0.15) is 0 Å². The fraction of sp³-hybridized carbons (Fsp3) is 0.235. The molecule has 6 nitrogen and oxygen atoms in total. The van der Waals surface area contributed by atoms with Crippen LogP contribution in [0.15, 0.2) is 42.9 Å². The van der Waals surface area contributed by atoms with Gasteiger partial charge in [-0.3, -0.25) is 9.89 Å². The molecule has 0 saturated carbocycles. The van der Waals surface area contributed by atoms with Crippen molar-refractivity contribution >= 4 is 5.91 Å². The maximum absolute atomic E-state index is 12.2. The van der Waals surface area contributed by atoms with Crippen molar-refractivity contribution in [2.75, 3.05) is 6.54 Å². The topological polar surface area (TPSA) is 75.6 Å². The van der Waals surface area contributed by atoms with Crippen LogP contribution in [0.25, 0.3) is 11.3 Å². The lowest BCUT2D eigenvalue weighted by atomic mass is 10.1. The predicted molar refractivity (Wildman–Crippen MR) is 88.1 cm³/mol. The van der Waals surface area contributed by atoms with Gasteiger partial charge in [0.05, 0.1) is 17.7 Å². The molecule has 0 unspecified atom stereocenters. The molecule has 6 heteroatoms. The van der Waals surface area contributed by atoms with Crippen molar-refractivity contribution in [1.82, 2.24) is 25.1 Å². The molecule has 0 aliphatic rings. The number of aryl methyl sites for hydroxylation is 1. The summed E-state index contributed by atoms with van der Waals surface area (Å²) in [7, 11) is 0. The maximum atomic E-state index is 12.2. The number of hydrogen-bond acceptors (Lipinski definition) is 3. The molecule has 2 aromatic heterocycles. The molecule has 0 aliphatic heterocycles. The summed E-state index contributed by atoms with van der Waals surface area (Å²) in [6, 6.07) is 9.35. The van der Waals surface area contributed by atoms with Crippen molar-refractivity contribution in [2.45, 2.75) is 20.4 Å². The second-order valence-corrected chi connectivity index (χ2v) is 5.41. The summed E-state index contributed by atoms with van der Waals surface area (Å²) >= 11 is 0. The Labute approximate surface area is 134 Å². The average molecular weight is 309 g/mol. The van der Waals surface area contributed by atoms with Gasteiger partial charge in [-0.15, -0.1) is 0 Å². The van der Waals surface area contributed by atoms with E-state index >= 15 is 0 Å². The lowest BCUT2D eigenvalue weighted by molar-refractivity contribution is 0.0952. The number of imidazole rings is 1. The second kappa shape index (κ2) is 6.48. The number of carbonyl (C=O) groups is 1. The Morgan fingerprint density at radius 3 is 2.61 bits per heavy atom. The van der Waals surface area contributed by atoms with Crippen LogP contribution in [0.5, 0.6) is 0 Å². The number of nitrogens with zero attached hydrogens (tertiary/aromatic N) is 3. The van der Waals surface area contributed by atoms with Gasteiger partial charge in [0.15, 0.2) is 0 Å². The normalized spacial score (nSPS) is 10.7. The second-order valence-electron chi connectivity index (χ2n) is 5.41. The zero-order valence-corrected chi connectivity index (χ0v) is 13.2. The molecule has 2 heterocycles. The van der Waals surface area contributed by atoms with Crippen LogP contribution in [0.1, 0.15) is 21.7 Å². The van der Waals surface area contributed by atoms with E-state index in [9.17, 15) is 4.79 Å². The summed E-state index contributed by atoms with van der Waals surface area (Å²) in [6.07, 6.45) is 3.51. The Morgan fingerprint density at radius 2 is 2.00 bits per heavy atom. The molecule has 0 atom stereocenters. The van der Waals surface area contributed by atoms with Gasteiger partial charge < -0.3 is 9.88 Å². The SMILES string of the molecule is Cc1ncn(CCNC(=O)c2ccc(-c3ccn[nH]3)cc2)c1C. The highest BCUT2D eigenvalue weighted by Crippen LogP contribution is 2.16. The largest absolute Gasteiger partial charge is 0.350 e. The highest BCUT2D eigenvalue weighted by molar-refractivity contribution is 5.94. The molecule has 2 N–H and O–H groups in total. The van der Waals surface area contributed by atoms with E-state index in [1.165, 1.54) is 0 Å². The maximum Gasteiger partial charge on any atom is 0.251 e. The average Bonchev–Trinajstić information content (AvgIpc) is 3.20. The van der Waals surface area contributed by atoms with Crippen LogP contribution in [0, 0.1) is 13.8 Å². The lowest BCUT2D eigenvalue weighted by Gasteiger charge is -2.08. The quantitative estimate of drug-likeness (QED) is 0.759. The van der Waals surface area contributed by atoms with E-state index in [-0.39, 0.29) is 5.91 Å². The molecular formula is C17H19N5O. The molecule has 0 bridgehead atoms. The first kappa shape index (κ1) is 15.0. The van der Waals surface area contributed by atoms with Crippen molar-refractivity contribution in [3.05, 3.63) is 59.8 Å². The third-order valence-corrected chi connectivity index (χ3v) is 3.94. The Bertz CT molecular complexity index is 787. The van der Waals surface area contributed by atoms with Gasteiger partial charge in [-0.25, -0.2) is 4.98 Å². The van der Waals surface area contributed by atoms with Crippen molar-refractivity contribution in [2.24, 2.45) is 0 Å². The van der Waals surface area contributed by atoms with Gasteiger partial charge in [-0.1, -0.05) is 12.1 Å². The van der Waals surface area contributed by atoms with E-state index in [0.29, 0.717) is 18.7 Å². The third-order valence-electron chi connectivity index (χ3n) is 3.94. The van der Waals surface area contributed by atoms with Crippen LogP contribution in [-0.2, 0) is 6.54 Å². The fourth-order valence-electron chi connectivity index (χ4n) is 2.38. The minimum Gasteiger partial charge on any atom is -0.350 e. The smallest absolute Gasteiger partial charge is 0.251 e. The van der Waals surface area contributed by atoms with Gasteiger partial charge in [-0.05, 0) is 37.6 Å². The molecule has 0 spiro atoms. The first-order valence-corrected chi connectivity index (χ1v) is 7.51. The van der Waals surface area contributed by atoms with E-state index < -0.39 is 0 Å². The number of rotatable bonds is 5. The number of nitrogens with one attached hydrogen (secondary N) is 2. The number of H-pyrrole nitrogens is 1. The predicted octanol–water partition coefficient (Wildman–Crippen LogP) is 2.32. The number of benzene rings is 1. The van der Waals surface area contributed by atoms with Gasteiger partial charge in [-0.2, -0.15) is 5.10 Å². The summed E-state index contributed by atoms with van der Waals surface area (Å²) in [5.74, 6) is -0.0735. The minimum absolute atomic E-state index is 0.0735. The lowest BCUT2D eigenvalue weighted by Crippen LogP contribution is -2.27. The number of carbonyl (C=O) groups excluding carboxylic acids is 1. The molecule has 1 amide bonds. The molecular weight excluding hydrogens is 290 g/mol. The zero-order chi connectivity index (χ0) is 16.2. The van der Waals surface area contributed by atoms with Crippen LogP contribution < -0.4 is 5.32 Å². The summed E-state index contributed by atoms with van der Waals surface area (Å²) in [4.78, 5) is 16.4. The summed E-state index contributed by atoms with van der Waals surface area (Å²) < 4.78 is 2.04. The Morgan fingerprint density at radius 1 is 1.22 bits per heavy atom. The summed E-state index contributed by atoms with van der Waals surface area (Å²) in [5, 5.41) is 9.76. The first-order chi connectivity index (χ1) is 11.1. The fourth-order valence-corrected chi connectivity index (χ4v) is 2.38.